The number of carbonyl (C=O) groups excluding carboxylic acids is 1. The molecule has 3 heteroatoms. The van der Waals surface area contributed by atoms with Crippen molar-refractivity contribution in [2.75, 3.05) is 0 Å². The van der Waals surface area contributed by atoms with Gasteiger partial charge in [0.1, 0.15) is 0 Å². The highest BCUT2D eigenvalue weighted by molar-refractivity contribution is 5.93. The number of pyridine rings is 1. The van der Waals surface area contributed by atoms with Crippen molar-refractivity contribution in [1.29, 1.82) is 0 Å². The molecule has 0 radical (unpaired) electrons. The third-order valence-corrected chi connectivity index (χ3v) is 6.53. The second-order valence-electron chi connectivity index (χ2n) is 8.89. The van der Waals surface area contributed by atoms with Crippen LogP contribution in [0.2, 0.25) is 0 Å². The van der Waals surface area contributed by atoms with Gasteiger partial charge in [0.05, 0.1) is 0 Å². The number of hydrogen-bond donors (Lipinski definition) is 1. The molecule has 1 fully saturated rings. The van der Waals surface area contributed by atoms with Crippen LogP contribution in [-0.4, -0.2) is 10.9 Å². The highest BCUT2D eigenvalue weighted by Gasteiger charge is 2.40. The Morgan fingerprint density at radius 2 is 1.97 bits per heavy atom. The molecule has 3 rings (SSSR count). The predicted molar refractivity (Wildman–Crippen MR) is 127 cm³/mol. The average Bonchev–Trinajstić information content (AvgIpc) is 2.75. The molecule has 1 N–H and O–H groups in total. The predicted octanol–water partition coefficient (Wildman–Crippen LogP) is 6.35. The van der Waals surface area contributed by atoms with Gasteiger partial charge in [-0.25, -0.2) is 0 Å². The van der Waals surface area contributed by atoms with E-state index >= 15 is 0 Å². The number of allylic oxidation sites excluding steroid dienone is 5. The van der Waals surface area contributed by atoms with E-state index in [0.29, 0.717) is 24.3 Å². The Labute approximate surface area is 183 Å². The number of nitrogens with zero attached hydrogens (tertiary/aromatic N) is 1. The number of amides is 1. The molecular weight excluding hydrogens is 368 g/mol. The van der Waals surface area contributed by atoms with Crippen LogP contribution in [0.4, 0.5) is 0 Å². The molecule has 1 saturated carbocycles. The van der Waals surface area contributed by atoms with Crippen molar-refractivity contribution < 1.29 is 4.79 Å². The molecule has 0 aromatic carbocycles. The molecule has 1 aromatic heterocycles. The molecule has 0 saturated heterocycles. The van der Waals surface area contributed by atoms with Gasteiger partial charge in [-0.2, -0.15) is 0 Å². The van der Waals surface area contributed by atoms with Crippen molar-refractivity contribution in [1.82, 2.24) is 10.3 Å². The highest BCUT2D eigenvalue weighted by atomic mass is 16.1. The second kappa shape index (κ2) is 11.9. The SMILES string of the molecule is C/C(=C\C=C\[C@@H]1[C@H]2[C@H](C)C[C@H](C)C[C@H]2C=C[C@H]1C)C(=O)NCc1cccnc1.CC. The molecule has 0 bridgehead atoms. The Morgan fingerprint density at radius 1 is 1.20 bits per heavy atom. The summed E-state index contributed by atoms with van der Waals surface area (Å²) < 4.78 is 0. The lowest BCUT2D eigenvalue weighted by Crippen LogP contribution is -2.38. The summed E-state index contributed by atoms with van der Waals surface area (Å²) in [6.07, 6.45) is 17.4. The van der Waals surface area contributed by atoms with Crippen LogP contribution in [0, 0.1) is 35.5 Å². The van der Waals surface area contributed by atoms with E-state index < -0.39 is 0 Å². The van der Waals surface area contributed by atoms with Crippen LogP contribution >= 0.6 is 0 Å². The van der Waals surface area contributed by atoms with Crippen molar-refractivity contribution in [3.63, 3.8) is 0 Å². The van der Waals surface area contributed by atoms with Crippen molar-refractivity contribution in [2.24, 2.45) is 35.5 Å². The third kappa shape index (κ3) is 6.42. The quantitative estimate of drug-likeness (QED) is 0.350. The van der Waals surface area contributed by atoms with Gasteiger partial charge in [-0.15, -0.1) is 0 Å². The summed E-state index contributed by atoms with van der Waals surface area (Å²) in [4.78, 5) is 16.4. The molecule has 0 unspecified atom stereocenters. The minimum atomic E-state index is -0.0252. The third-order valence-electron chi connectivity index (χ3n) is 6.53. The average molecular weight is 409 g/mol. The Kier molecular flexibility index (Phi) is 9.55. The number of rotatable bonds is 5. The van der Waals surface area contributed by atoms with E-state index in [9.17, 15) is 4.79 Å². The summed E-state index contributed by atoms with van der Waals surface area (Å²) >= 11 is 0. The zero-order valence-corrected chi connectivity index (χ0v) is 19.6. The van der Waals surface area contributed by atoms with Gasteiger partial charge >= 0.3 is 0 Å². The van der Waals surface area contributed by atoms with Gasteiger partial charge in [-0.05, 0) is 66.9 Å². The molecule has 1 aromatic rings. The fraction of sp³-hybridized carbons (Fsp3) is 0.556. The summed E-state index contributed by atoms with van der Waals surface area (Å²) in [5.74, 6) is 4.09. The maximum atomic E-state index is 12.3. The molecule has 2 aliphatic rings. The smallest absolute Gasteiger partial charge is 0.247 e. The Balaban J connectivity index is 0.00000155. The summed E-state index contributed by atoms with van der Waals surface area (Å²) in [5.41, 5.74) is 1.74. The number of nitrogens with one attached hydrogen (secondary N) is 1. The van der Waals surface area contributed by atoms with E-state index in [4.69, 9.17) is 0 Å². The number of carbonyl (C=O) groups is 1. The standard InChI is InChI=1S/C25H34N2O.C2H6/c1-17-13-20(4)24-22(14-17)11-10-18(2)23(24)9-5-7-19(3)25(28)27-16-21-8-6-12-26-15-21;1-2/h5-12,15,17-18,20,22-24H,13-14,16H2,1-4H3,(H,27,28);1-2H3/b9-5+,19-7+;/t17-,18+,20+,22+,23-,24-;/m0./s1. The fourth-order valence-electron chi connectivity index (χ4n) is 5.13. The lowest BCUT2D eigenvalue weighted by Gasteiger charge is -2.46. The van der Waals surface area contributed by atoms with Crippen LogP contribution in [0.3, 0.4) is 0 Å². The Hall–Kier alpha value is -2.16. The number of aromatic nitrogens is 1. The zero-order chi connectivity index (χ0) is 22.1. The van der Waals surface area contributed by atoms with Gasteiger partial charge in [-0.1, -0.05) is 71.1 Å². The summed E-state index contributed by atoms with van der Waals surface area (Å²) in [5, 5.41) is 2.96. The summed E-state index contributed by atoms with van der Waals surface area (Å²) in [7, 11) is 0. The lowest BCUT2D eigenvalue weighted by molar-refractivity contribution is -0.117. The van der Waals surface area contributed by atoms with Gasteiger partial charge < -0.3 is 5.32 Å². The van der Waals surface area contributed by atoms with Gasteiger partial charge in [0.15, 0.2) is 0 Å². The van der Waals surface area contributed by atoms with E-state index in [2.05, 4.69) is 55.4 Å². The van der Waals surface area contributed by atoms with Crippen molar-refractivity contribution >= 4 is 5.91 Å². The van der Waals surface area contributed by atoms with Crippen LogP contribution in [0.5, 0.6) is 0 Å². The fourth-order valence-corrected chi connectivity index (χ4v) is 5.13. The monoisotopic (exact) mass is 408 g/mol. The first kappa shape index (κ1) is 24.1. The molecule has 1 heterocycles. The lowest BCUT2D eigenvalue weighted by atomic mass is 9.59. The molecule has 3 nitrogen and oxygen atoms in total. The Morgan fingerprint density at radius 3 is 2.67 bits per heavy atom. The number of fused-ring (bicyclic) bond motifs is 1. The topological polar surface area (TPSA) is 42.0 Å². The van der Waals surface area contributed by atoms with Gasteiger partial charge in [0, 0.05) is 24.5 Å². The number of hydrogen-bond acceptors (Lipinski definition) is 2. The first-order chi connectivity index (χ1) is 14.5. The van der Waals surface area contributed by atoms with Gasteiger partial charge in [0.25, 0.3) is 0 Å². The minimum Gasteiger partial charge on any atom is -0.348 e. The molecule has 164 valence electrons. The minimum absolute atomic E-state index is 0.0252. The summed E-state index contributed by atoms with van der Waals surface area (Å²) in [6.45, 7) is 13.5. The molecule has 2 aliphatic carbocycles. The van der Waals surface area contributed by atoms with Crippen molar-refractivity contribution in [2.45, 2.75) is 60.9 Å². The normalized spacial score (nSPS) is 30.9. The Bertz CT molecular complexity index is 749. The van der Waals surface area contributed by atoms with Gasteiger partial charge in [-0.3, -0.25) is 9.78 Å². The highest BCUT2D eigenvalue weighted by Crippen LogP contribution is 2.48. The molecule has 6 atom stereocenters. The maximum absolute atomic E-state index is 12.3. The van der Waals surface area contributed by atoms with E-state index in [-0.39, 0.29) is 5.91 Å². The van der Waals surface area contributed by atoms with Crippen LogP contribution in [0.15, 0.2) is 60.5 Å². The molecule has 0 aliphatic heterocycles. The largest absolute Gasteiger partial charge is 0.348 e. The van der Waals surface area contributed by atoms with Crippen molar-refractivity contribution in [3.8, 4) is 0 Å². The first-order valence-electron chi connectivity index (χ1n) is 11.7. The second-order valence-corrected chi connectivity index (χ2v) is 8.89. The first-order valence-corrected chi connectivity index (χ1v) is 11.7. The van der Waals surface area contributed by atoms with Crippen LogP contribution < -0.4 is 5.32 Å². The zero-order valence-electron chi connectivity index (χ0n) is 19.6. The van der Waals surface area contributed by atoms with Gasteiger partial charge in [0.2, 0.25) is 5.91 Å². The van der Waals surface area contributed by atoms with Crippen LogP contribution in [0.25, 0.3) is 0 Å². The molecule has 1 amide bonds. The molecular formula is C27H40N2O. The summed E-state index contributed by atoms with van der Waals surface area (Å²) in [6, 6.07) is 3.85. The maximum Gasteiger partial charge on any atom is 0.247 e. The van der Waals surface area contributed by atoms with E-state index in [0.717, 1.165) is 28.9 Å². The molecule has 30 heavy (non-hydrogen) atoms. The van der Waals surface area contributed by atoms with E-state index in [1.165, 1.54) is 12.8 Å². The van der Waals surface area contributed by atoms with Crippen LogP contribution in [0.1, 0.15) is 59.9 Å². The van der Waals surface area contributed by atoms with E-state index in [1.807, 2.05) is 39.0 Å². The van der Waals surface area contributed by atoms with E-state index in [1.54, 1.807) is 12.4 Å². The molecule has 0 spiro atoms. The van der Waals surface area contributed by atoms with Crippen molar-refractivity contribution in [3.05, 3.63) is 66.0 Å². The van der Waals surface area contributed by atoms with Crippen LogP contribution in [-0.2, 0) is 11.3 Å².